The second-order valence-corrected chi connectivity index (χ2v) is 4.89. The molecule has 0 aromatic rings. The summed E-state index contributed by atoms with van der Waals surface area (Å²) in [6.45, 7) is 10.8. The molecule has 0 aromatic carbocycles. The number of hydrogen-bond donors (Lipinski definition) is 2. The molecule has 0 spiro atoms. The first-order chi connectivity index (χ1) is 7.13. The largest absolute Gasteiger partial charge is 0.330 e. The van der Waals surface area contributed by atoms with Gasteiger partial charge in [-0.05, 0) is 25.4 Å². The summed E-state index contributed by atoms with van der Waals surface area (Å²) in [6.07, 6.45) is 0. The molecule has 1 rings (SSSR count). The van der Waals surface area contributed by atoms with Crippen molar-refractivity contribution in [2.75, 3.05) is 46.3 Å². The van der Waals surface area contributed by atoms with Crippen LogP contribution in [0.1, 0.15) is 13.8 Å². The number of nitrogens with one attached hydrogen (secondary N) is 1. The normalized spacial score (nSPS) is 22.2. The lowest BCUT2D eigenvalue weighted by Gasteiger charge is -2.34. The van der Waals surface area contributed by atoms with Crippen LogP contribution in [-0.2, 0) is 0 Å². The molecular weight excluding hydrogens is 188 g/mol. The molecule has 3 N–H and O–H groups in total. The van der Waals surface area contributed by atoms with E-state index in [1.165, 1.54) is 0 Å². The Morgan fingerprint density at radius 2 is 1.80 bits per heavy atom. The Labute approximate surface area is 93.8 Å². The van der Waals surface area contributed by atoms with Crippen LogP contribution < -0.4 is 11.2 Å². The molecule has 1 fully saturated rings. The fourth-order valence-electron chi connectivity index (χ4n) is 1.80. The van der Waals surface area contributed by atoms with Gasteiger partial charge in [0.05, 0.1) is 0 Å². The van der Waals surface area contributed by atoms with Gasteiger partial charge < -0.3 is 10.6 Å². The second-order valence-electron chi connectivity index (χ2n) is 4.89. The maximum atomic E-state index is 5.74. The predicted molar refractivity (Wildman–Crippen MR) is 64.5 cm³/mol. The molecule has 0 aromatic heterocycles. The van der Waals surface area contributed by atoms with Crippen LogP contribution in [0.15, 0.2) is 0 Å². The molecule has 0 radical (unpaired) electrons. The minimum atomic E-state index is 0.588. The van der Waals surface area contributed by atoms with Crippen LogP contribution in [0, 0.1) is 11.8 Å². The molecule has 1 aliphatic rings. The second kappa shape index (κ2) is 6.43. The van der Waals surface area contributed by atoms with Crippen molar-refractivity contribution in [1.82, 2.24) is 15.3 Å². The summed E-state index contributed by atoms with van der Waals surface area (Å²) >= 11 is 0. The van der Waals surface area contributed by atoms with Gasteiger partial charge in [-0.2, -0.15) is 0 Å². The van der Waals surface area contributed by atoms with Gasteiger partial charge in [0.25, 0.3) is 0 Å². The van der Waals surface area contributed by atoms with Crippen molar-refractivity contribution < 1.29 is 0 Å². The van der Waals surface area contributed by atoms with Crippen LogP contribution in [0.4, 0.5) is 0 Å². The maximum absolute atomic E-state index is 5.74. The topological polar surface area (TPSA) is 44.5 Å². The minimum absolute atomic E-state index is 0.588. The first-order valence-corrected chi connectivity index (χ1v) is 6.00. The van der Waals surface area contributed by atoms with E-state index in [9.17, 15) is 0 Å². The number of hydrogen-bond acceptors (Lipinski definition) is 4. The average Bonchev–Trinajstić information content (AvgIpc) is 2.21. The zero-order chi connectivity index (χ0) is 11.3. The van der Waals surface area contributed by atoms with Crippen molar-refractivity contribution in [2.24, 2.45) is 17.6 Å². The first kappa shape index (κ1) is 12.9. The van der Waals surface area contributed by atoms with Gasteiger partial charge in [-0.3, -0.25) is 5.43 Å². The van der Waals surface area contributed by atoms with Gasteiger partial charge in [-0.25, -0.2) is 5.01 Å². The van der Waals surface area contributed by atoms with Gasteiger partial charge in [0.1, 0.15) is 0 Å². The Balaban J connectivity index is 2.18. The molecule has 4 heteroatoms. The van der Waals surface area contributed by atoms with Crippen LogP contribution >= 0.6 is 0 Å². The van der Waals surface area contributed by atoms with E-state index in [2.05, 4.69) is 36.2 Å². The van der Waals surface area contributed by atoms with Gasteiger partial charge in [-0.15, -0.1) is 0 Å². The first-order valence-electron chi connectivity index (χ1n) is 6.00. The summed E-state index contributed by atoms with van der Waals surface area (Å²) < 4.78 is 0. The summed E-state index contributed by atoms with van der Waals surface area (Å²) in [5.74, 6) is 1.25. The van der Waals surface area contributed by atoms with Gasteiger partial charge in [0.15, 0.2) is 0 Å². The number of nitrogens with zero attached hydrogens (tertiary/aromatic N) is 2. The van der Waals surface area contributed by atoms with E-state index in [1.54, 1.807) is 0 Å². The molecule has 1 heterocycles. The summed E-state index contributed by atoms with van der Waals surface area (Å²) in [5.41, 5.74) is 9.25. The highest BCUT2D eigenvalue weighted by molar-refractivity contribution is 4.70. The fraction of sp³-hybridized carbons (Fsp3) is 1.00. The highest BCUT2D eigenvalue weighted by Crippen LogP contribution is 2.08. The van der Waals surface area contributed by atoms with E-state index < -0.39 is 0 Å². The summed E-state index contributed by atoms with van der Waals surface area (Å²) in [7, 11) is 2.17. The van der Waals surface area contributed by atoms with Gasteiger partial charge in [0.2, 0.25) is 0 Å². The molecule has 0 saturated carbocycles. The zero-order valence-corrected chi connectivity index (χ0v) is 10.4. The van der Waals surface area contributed by atoms with Crippen molar-refractivity contribution in [3.63, 3.8) is 0 Å². The van der Waals surface area contributed by atoms with E-state index >= 15 is 0 Å². The van der Waals surface area contributed by atoms with Crippen molar-refractivity contribution in [3.05, 3.63) is 0 Å². The number of likely N-dealkylation sites (N-methyl/N-ethyl adjacent to an activating group) is 1. The number of piperazine rings is 1. The van der Waals surface area contributed by atoms with Crippen LogP contribution in [0.5, 0.6) is 0 Å². The van der Waals surface area contributed by atoms with Gasteiger partial charge in [-0.1, -0.05) is 13.8 Å². The summed E-state index contributed by atoms with van der Waals surface area (Å²) in [5, 5.41) is 2.32. The fourth-order valence-corrected chi connectivity index (χ4v) is 1.80. The zero-order valence-electron chi connectivity index (χ0n) is 10.4. The predicted octanol–water partition coefficient (Wildman–Crippen LogP) is -0.0307. The summed E-state index contributed by atoms with van der Waals surface area (Å²) in [6, 6.07) is 0. The van der Waals surface area contributed by atoms with E-state index in [-0.39, 0.29) is 0 Å². The molecule has 90 valence electrons. The lowest BCUT2D eigenvalue weighted by atomic mass is 9.96. The monoisotopic (exact) mass is 214 g/mol. The van der Waals surface area contributed by atoms with Crippen LogP contribution in [0.25, 0.3) is 0 Å². The van der Waals surface area contributed by atoms with Crippen LogP contribution in [-0.4, -0.2) is 56.2 Å². The third kappa shape index (κ3) is 4.47. The van der Waals surface area contributed by atoms with Crippen molar-refractivity contribution in [2.45, 2.75) is 13.8 Å². The maximum Gasteiger partial charge on any atom is 0.0259 e. The lowest BCUT2D eigenvalue weighted by Crippen LogP contribution is -2.52. The van der Waals surface area contributed by atoms with E-state index in [0.29, 0.717) is 11.8 Å². The van der Waals surface area contributed by atoms with Crippen molar-refractivity contribution in [3.8, 4) is 0 Å². The van der Waals surface area contributed by atoms with Gasteiger partial charge in [0, 0.05) is 32.7 Å². The Kier molecular flexibility index (Phi) is 5.53. The highest BCUT2D eigenvalue weighted by Gasteiger charge is 2.16. The number of rotatable bonds is 5. The molecule has 1 unspecified atom stereocenters. The molecular formula is C11H26N4. The van der Waals surface area contributed by atoms with Crippen LogP contribution in [0.2, 0.25) is 0 Å². The van der Waals surface area contributed by atoms with E-state index in [4.69, 9.17) is 5.73 Å². The molecule has 0 amide bonds. The smallest absolute Gasteiger partial charge is 0.0259 e. The molecule has 0 bridgehead atoms. The van der Waals surface area contributed by atoms with Crippen molar-refractivity contribution in [1.29, 1.82) is 0 Å². The quantitative estimate of drug-likeness (QED) is 0.674. The molecule has 1 aliphatic heterocycles. The van der Waals surface area contributed by atoms with E-state index in [1.807, 2.05) is 0 Å². The van der Waals surface area contributed by atoms with Gasteiger partial charge >= 0.3 is 0 Å². The number of hydrazine groups is 1. The third-order valence-corrected chi connectivity index (χ3v) is 3.33. The molecule has 4 nitrogen and oxygen atoms in total. The minimum Gasteiger partial charge on any atom is -0.330 e. The van der Waals surface area contributed by atoms with Crippen LogP contribution in [0.3, 0.4) is 0 Å². The number of nitrogens with two attached hydrogens (primary N) is 1. The third-order valence-electron chi connectivity index (χ3n) is 3.33. The Bertz CT molecular complexity index is 164. The molecule has 1 saturated heterocycles. The molecule has 0 aliphatic carbocycles. The Hall–Kier alpha value is -0.160. The standard InChI is InChI=1S/C11H26N4/c1-10(2)11(8-12)9-13-15-6-4-14(3)5-7-15/h10-11,13H,4-9,12H2,1-3H3. The van der Waals surface area contributed by atoms with E-state index in [0.717, 1.165) is 39.3 Å². The molecule has 15 heavy (non-hydrogen) atoms. The highest BCUT2D eigenvalue weighted by atomic mass is 15.5. The summed E-state index contributed by atoms with van der Waals surface area (Å²) in [4.78, 5) is 2.36. The Morgan fingerprint density at radius 1 is 1.20 bits per heavy atom. The lowest BCUT2D eigenvalue weighted by molar-refractivity contribution is 0.0944. The Morgan fingerprint density at radius 3 is 2.27 bits per heavy atom. The molecule has 1 atom stereocenters. The van der Waals surface area contributed by atoms with Crippen molar-refractivity contribution >= 4 is 0 Å². The average molecular weight is 214 g/mol. The SMILES string of the molecule is CC(C)C(CN)CNN1CCN(C)CC1.